The van der Waals surface area contributed by atoms with Gasteiger partial charge in [-0.05, 0) is 42.5 Å². The Morgan fingerprint density at radius 1 is 1.38 bits per heavy atom. The summed E-state index contributed by atoms with van der Waals surface area (Å²) >= 11 is 0. The predicted molar refractivity (Wildman–Crippen MR) is 50.9 cm³/mol. The zero-order chi connectivity index (χ0) is 9.26. The summed E-state index contributed by atoms with van der Waals surface area (Å²) in [6.07, 6.45) is 3.42. The number of benzene rings is 1. The van der Waals surface area contributed by atoms with Crippen molar-refractivity contribution in [1.82, 2.24) is 0 Å². The van der Waals surface area contributed by atoms with E-state index in [-0.39, 0.29) is 0 Å². The minimum atomic E-state index is 0.358. The van der Waals surface area contributed by atoms with E-state index in [1.807, 2.05) is 12.1 Å². The molecule has 70 valence electrons. The molecule has 0 fully saturated rings. The summed E-state index contributed by atoms with van der Waals surface area (Å²) in [7, 11) is 1.76. The van der Waals surface area contributed by atoms with Crippen molar-refractivity contribution < 1.29 is 9.84 Å². The Hall–Kier alpha value is -1.02. The Morgan fingerprint density at radius 2 is 2.23 bits per heavy atom. The van der Waals surface area contributed by atoms with Gasteiger partial charge in [-0.3, -0.25) is 0 Å². The number of ether oxygens (including phenoxy) is 1. The molecule has 1 aromatic rings. The molecule has 2 heteroatoms. The van der Waals surface area contributed by atoms with E-state index in [0.29, 0.717) is 11.9 Å². The van der Waals surface area contributed by atoms with Crippen LogP contribution >= 0.6 is 0 Å². The van der Waals surface area contributed by atoms with Crippen LogP contribution in [0.15, 0.2) is 18.2 Å². The summed E-state index contributed by atoms with van der Waals surface area (Å²) < 4.78 is 5.32. The molecule has 1 N–H and O–H groups in total. The van der Waals surface area contributed by atoms with Crippen molar-refractivity contribution >= 4 is 0 Å². The van der Waals surface area contributed by atoms with Gasteiger partial charge in [0.25, 0.3) is 0 Å². The van der Waals surface area contributed by atoms with Gasteiger partial charge in [-0.2, -0.15) is 0 Å². The first kappa shape index (κ1) is 8.57. The fourth-order valence-electron chi connectivity index (χ4n) is 1.91. The standard InChI is InChI=1S/C11H14O2/c1-13-11-5-3-8-6-10(12)4-2-9(8)7-11/h2,4,6,11-12H,3,5,7H2,1H3. The van der Waals surface area contributed by atoms with Gasteiger partial charge in [-0.1, -0.05) is 6.07 Å². The highest BCUT2D eigenvalue weighted by Crippen LogP contribution is 2.25. The lowest BCUT2D eigenvalue weighted by atomic mass is 9.90. The molecule has 0 saturated heterocycles. The molecular formula is C11H14O2. The molecule has 0 aromatic heterocycles. The number of fused-ring (bicyclic) bond motifs is 1. The summed E-state index contributed by atoms with van der Waals surface area (Å²) in [5.41, 5.74) is 2.59. The van der Waals surface area contributed by atoms with Gasteiger partial charge in [-0.15, -0.1) is 0 Å². The van der Waals surface area contributed by atoms with Gasteiger partial charge in [0.05, 0.1) is 6.10 Å². The number of hydrogen-bond acceptors (Lipinski definition) is 2. The second kappa shape index (κ2) is 3.38. The summed E-state index contributed by atoms with van der Waals surface area (Å²) in [5, 5.41) is 9.28. The number of phenolic OH excluding ortho intramolecular Hbond substituents is 1. The first-order valence-electron chi connectivity index (χ1n) is 4.63. The van der Waals surface area contributed by atoms with Crippen molar-refractivity contribution in [3.8, 4) is 5.75 Å². The van der Waals surface area contributed by atoms with Crippen molar-refractivity contribution in [3.05, 3.63) is 29.3 Å². The third-order valence-corrected chi connectivity index (χ3v) is 2.71. The number of aromatic hydroxyl groups is 1. The minimum absolute atomic E-state index is 0.358. The lowest BCUT2D eigenvalue weighted by Gasteiger charge is -2.23. The zero-order valence-electron chi connectivity index (χ0n) is 7.79. The molecule has 1 unspecified atom stereocenters. The summed E-state index contributed by atoms with van der Waals surface area (Å²) in [6, 6.07) is 5.61. The normalized spacial score (nSPS) is 21.2. The van der Waals surface area contributed by atoms with E-state index in [1.165, 1.54) is 11.1 Å². The van der Waals surface area contributed by atoms with Crippen LogP contribution in [0.4, 0.5) is 0 Å². The topological polar surface area (TPSA) is 29.5 Å². The van der Waals surface area contributed by atoms with Crippen molar-refractivity contribution in [2.75, 3.05) is 7.11 Å². The lowest BCUT2D eigenvalue weighted by molar-refractivity contribution is 0.0910. The summed E-state index contributed by atoms with van der Waals surface area (Å²) in [4.78, 5) is 0. The number of phenols is 1. The smallest absolute Gasteiger partial charge is 0.115 e. The monoisotopic (exact) mass is 178 g/mol. The first-order chi connectivity index (χ1) is 6.29. The van der Waals surface area contributed by atoms with Crippen LogP contribution in [0.1, 0.15) is 17.5 Å². The molecule has 0 aliphatic heterocycles. The third-order valence-electron chi connectivity index (χ3n) is 2.71. The Balaban J connectivity index is 2.26. The molecule has 0 saturated carbocycles. The number of methoxy groups -OCH3 is 1. The second-order valence-corrected chi connectivity index (χ2v) is 3.55. The molecule has 1 aliphatic carbocycles. The number of rotatable bonds is 1. The molecule has 1 atom stereocenters. The van der Waals surface area contributed by atoms with Crippen LogP contribution < -0.4 is 0 Å². The van der Waals surface area contributed by atoms with E-state index in [0.717, 1.165) is 19.3 Å². The van der Waals surface area contributed by atoms with Gasteiger partial charge in [0.15, 0.2) is 0 Å². The molecule has 1 aliphatic rings. The minimum Gasteiger partial charge on any atom is -0.508 e. The van der Waals surface area contributed by atoms with E-state index >= 15 is 0 Å². The largest absolute Gasteiger partial charge is 0.508 e. The predicted octanol–water partition coefficient (Wildman–Crippen LogP) is 1.90. The first-order valence-corrected chi connectivity index (χ1v) is 4.63. The lowest BCUT2D eigenvalue weighted by Crippen LogP contribution is -2.20. The second-order valence-electron chi connectivity index (χ2n) is 3.55. The van der Waals surface area contributed by atoms with E-state index in [2.05, 4.69) is 0 Å². The maximum atomic E-state index is 9.28. The van der Waals surface area contributed by atoms with E-state index < -0.39 is 0 Å². The molecular weight excluding hydrogens is 164 g/mol. The van der Waals surface area contributed by atoms with Crippen LogP contribution in [-0.2, 0) is 17.6 Å². The van der Waals surface area contributed by atoms with Crippen molar-refractivity contribution in [3.63, 3.8) is 0 Å². The SMILES string of the molecule is COC1CCc2cc(O)ccc2C1. The highest BCUT2D eigenvalue weighted by atomic mass is 16.5. The summed E-state index contributed by atoms with van der Waals surface area (Å²) in [5.74, 6) is 0.370. The van der Waals surface area contributed by atoms with Crippen molar-refractivity contribution in [1.29, 1.82) is 0 Å². The number of aryl methyl sites for hydroxylation is 1. The van der Waals surface area contributed by atoms with Crippen LogP contribution in [0.2, 0.25) is 0 Å². The van der Waals surface area contributed by atoms with Crippen LogP contribution in [-0.4, -0.2) is 18.3 Å². The van der Waals surface area contributed by atoms with Crippen LogP contribution in [0.5, 0.6) is 5.75 Å². The molecule has 0 spiro atoms. The Morgan fingerprint density at radius 3 is 3.00 bits per heavy atom. The third kappa shape index (κ3) is 1.68. The van der Waals surface area contributed by atoms with Crippen molar-refractivity contribution in [2.45, 2.75) is 25.4 Å². The average molecular weight is 178 g/mol. The molecule has 13 heavy (non-hydrogen) atoms. The molecule has 0 bridgehead atoms. The zero-order valence-corrected chi connectivity index (χ0v) is 7.79. The van der Waals surface area contributed by atoms with Crippen LogP contribution in [0, 0.1) is 0 Å². The van der Waals surface area contributed by atoms with Gasteiger partial charge >= 0.3 is 0 Å². The number of hydrogen-bond donors (Lipinski definition) is 1. The Bertz CT molecular complexity index is 307. The highest BCUT2D eigenvalue weighted by Gasteiger charge is 2.17. The molecule has 1 aromatic carbocycles. The van der Waals surface area contributed by atoms with Gasteiger partial charge in [0, 0.05) is 7.11 Å². The Kier molecular flexibility index (Phi) is 2.23. The summed E-state index contributed by atoms with van der Waals surface area (Å²) in [6.45, 7) is 0. The quantitative estimate of drug-likeness (QED) is 0.711. The van der Waals surface area contributed by atoms with E-state index in [1.54, 1.807) is 13.2 Å². The molecule has 2 nitrogen and oxygen atoms in total. The van der Waals surface area contributed by atoms with Gasteiger partial charge < -0.3 is 9.84 Å². The molecule has 0 heterocycles. The molecule has 0 amide bonds. The van der Waals surface area contributed by atoms with Crippen LogP contribution in [0.25, 0.3) is 0 Å². The van der Waals surface area contributed by atoms with Gasteiger partial charge in [0.1, 0.15) is 5.75 Å². The maximum Gasteiger partial charge on any atom is 0.115 e. The molecule has 0 radical (unpaired) electrons. The van der Waals surface area contributed by atoms with E-state index in [9.17, 15) is 5.11 Å². The van der Waals surface area contributed by atoms with Gasteiger partial charge in [-0.25, -0.2) is 0 Å². The fraction of sp³-hybridized carbons (Fsp3) is 0.455. The highest BCUT2D eigenvalue weighted by molar-refractivity contribution is 5.36. The maximum absolute atomic E-state index is 9.28. The Labute approximate surface area is 78.2 Å². The van der Waals surface area contributed by atoms with Crippen LogP contribution in [0.3, 0.4) is 0 Å². The van der Waals surface area contributed by atoms with Gasteiger partial charge in [0.2, 0.25) is 0 Å². The van der Waals surface area contributed by atoms with E-state index in [4.69, 9.17) is 4.74 Å². The molecule has 2 rings (SSSR count). The van der Waals surface area contributed by atoms with Crippen molar-refractivity contribution in [2.24, 2.45) is 0 Å². The average Bonchev–Trinajstić information content (AvgIpc) is 2.17. The fourth-order valence-corrected chi connectivity index (χ4v) is 1.91.